The van der Waals surface area contributed by atoms with Crippen LogP contribution in [-0.2, 0) is 14.3 Å². The normalized spacial score (nSPS) is 9.81. The van der Waals surface area contributed by atoms with E-state index >= 15 is 0 Å². The van der Waals surface area contributed by atoms with Gasteiger partial charge in [0.05, 0.1) is 25.1 Å². The third-order valence-corrected chi connectivity index (χ3v) is 3.18. The van der Waals surface area contributed by atoms with Crippen LogP contribution in [0.2, 0.25) is 0 Å². The third kappa shape index (κ3) is 6.40. The standard InChI is InChI=1S/C14H17BrN2O4/c1-2-21-13(19)7-8-16-12(18)9-17-14(20)10-5-3-4-6-11(10)15/h3-6H,2,7-9H2,1H3,(H,16,18)(H,17,20). The quantitative estimate of drug-likeness (QED) is 0.720. The van der Waals surface area contributed by atoms with Crippen LogP contribution in [0.4, 0.5) is 0 Å². The maximum atomic E-state index is 11.8. The summed E-state index contributed by atoms with van der Waals surface area (Å²) in [5.41, 5.74) is 0.455. The SMILES string of the molecule is CCOC(=O)CCNC(=O)CNC(=O)c1ccccc1Br. The molecule has 7 heteroatoms. The summed E-state index contributed by atoms with van der Waals surface area (Å²) in [6.45, 7) is 2.06. The van der Waals surface area contributed by atoms with Crippen molar-refractivity contribution >= 4 is 33.7 Å². The molecule has 0 unspecified atom stereocenters. The van der Waals surface area contributed by atoms with E-state index in [1.165, 1.54) is 0 Å². The number of carbonyl (C=O) groups excluding carboxylic acids is 3. The molecular formula is C14H17BrN2O4. The van der Waals surface area contributed by atoms with E-state index in [4.69, 9.17) is 4.74 Å². The summed E-state index contributed by atoms with van der Waals surface area (Å²) < 4.78 is 5.39. The smallest absolute Gasteiger partial charge is 0.307 e. The van der Waals surface area contributed by atoms with Crippen molar-refractivity contribution in [1.82, 2.24) is 10.6 Å². The van der Waals surface area contributed by atoms with E-state index in [1.54, 1.807) is 31.2 Å². The minimum absolute atomic E-state index is 0.109. The first-order valence-corrected chi connectivity index (χ1v) is 7.29. The van der Waals surface area contributed by atoms with Crippen molar-refractivity contribution in [3.8, 4) is 0 Å². The Morgan fingerprint density at radius 2 is 1.90 bits per heavy atom. The molecule has 2 N–H and O–H groups in total. The number of amides is 2. The average Bonchev–Trinajstić information content (AvgIpc) is 2.45. The van der Waals surface area contributed by atoms with E-state index in [0.717, 1.165) is 0 Å². The van der Waals surface area contributed by atoms with Gasteiger partial charge in [-0.05, 0) is 35.0 Å². The van der Waals surface area contributed by atoms with E-state index in [9.17, 15) is 14.4 Å². The molecule has 1 aromatic rings. The number of rotatable bonds is 7. The molecule has 2 amide bonds. The van der Waals surface area contributed by atoms with E-state index < -0.39 is 0 Å². The Hall–Kier alpha value is -1.89. The lowest BCUT2D eigenvalue weighted by Crippen LogP contribution is -2.37. The molecule has 0 spiro atoms. The first kappa shape index (κ1) is 17.2. The van der Waals surface area contributed by atoms with E-state index in [2.05, 4.69) is 26.6 Å². The maximum absolute atomic E-state index is 11.8. The number of nitrogens with one attached hydrogen (secondary N) is 2. The van der Waals surface area contributed by atoms with Crippen molar-refractivity contribution in [2.45, 2.75) is 13.3 Å². The lowest BCUT2D eigenvalue weighted by atomic mass is 10.2. The van der Waals surface area contributed by atoms with E-state index in [-0.39, 0.29) is 37.3 Å². The summed E-state index contributed by atoms with van der Waals surface area (Å²) >= 11 is 3.26. The number of hydrogen-bond donors (Lipinski definition) is 2. The lowest BCUT2D eigenvalue weighted by molar-refractivity contribution is -0.143. The van der Waals surface area contributed by atoms with Crippen LogP contribution in [0.3, 0.4) is 0 Å². The Morgan fingerprint density at radius 3 is 2.57 bits per heavy atom. The molecule has 0 aliphatic carbocycles. The number of esters is 1. The number of ether oxygens (including phenoxy) is 1. The zero-order valence-electron chi connectivity index (χ0n) is 11.6. The van der Waals surface area contributed by atoms with Crippen LogP contribution in [0.1, 0.15) is 23.7 Å². The Balaban J connectivity index is 2.29. The molecule has 0 atom stereocenters. The van der Waals surface area contributed by atoms with Crippen LogP contribution in [-0.4, -0.2) is 37.5 Å². The van der Waals surface area contributed by atoms with Crippen LogP contribution in [0.5, 0.6) is 0 Å². The first-order valence-electron chi connectivity index (χ1n) is 6.49. The fourth-order valence-electron chi connectivity index (χ4n) is 1.50. The average molecular weight is 357 g/mol. The minimum Gasteiger partial charge on any atom is -0.466 e. The van der Waals surface area contributed by atoms with Crippen LogP contribution >= 0.6 is 15.9 Å². The molecule has 0 bridgehead atoms. The summed E-state index contributed by atoms with van der Waals surface area (Å²) in [6, 6.07) is 6.93. The van der Waals surface area contributed by atoms with Gasteiger partial charge in [-0.3, -0.25) is 14.4 Å². The molecule has 0 radical (unpaired) electrons. The van der Waals surface area contributed by atoms with Gasteiger partial charge in [0.15, 0.2) is 0 Å². The summed E-state index contributed by atoms with van der Waals surface area (Å²) in [7, 11) is 0. The summed E-state index contributed by atoms with van der Waals surface area (Å²) in [5, 5.41) is 5.03. The molecule has 6 nitrogen and oxygen atoms in total. The van der Waals surface area contributed by atoms with E-state index in [1.807, 2.05) is 0 Å². The van der Waals surface area contributed by atoms with Crippen LogP contribution in [0.15, 0.2) is 28.7 Å². The number of carbonyl (C=O) groups is 3. The minimum atomic E-state index is -0.366. The maximum Gasteiger partial charge on any atom is 0.307 e. The molecule has 1 rings (SSSR count). The zero-order chi connectivity index (χ0) is 15.7. The molecule has 0 heterocycles. The van der Waals surface area contributed by atoms with Gasteiger partial charge in [0.1, 0.15) is 0 Å². The van der Waals surface area contributed by atoms with Gasteiger partial charge >= 0.3 is 5.97 Å². The van der Waals surface area contributed by atoms with Crippen molar-refractivity contribution in [2.24, 2.45) is 0 Å². The first-order chi connectivity index (χ1) is 10.0. The highest BCUT2D eigenvalue weighted by atomic mass is 79.9. The topological polar surface area (TPSA) is 84.5 Å². The third-order valence-electron chi connectivity index (χ3n) is 2.48. The van der Waals surface area contributed by atoms with Crippen molar-refractivity contribution < 1.29 is 19.1 Å². The zero-order valence-corrected chi connectivity index (χ0v) is 13.2. The predicted octanol–water partition coefficient (Wildman–Crippen LogP) is 1.25. The second kappa shape index (κ2) is 9.12. The van der Waals surface area contributed by atoms with Gasteiger partial charge in [0.2, 0.25) is 5.91 Å². The van der Waals surface area contributed by atoms with Crippen molar-refractivity contribution in [3.05, 3.63) is 34.3 Å². The van der Waals surface area contributed by atoms with Crippen molar-refractivity contribution in [3.63, 3.8) is 0 Å². The number of halogens is 1. The highest BCUT2D eigenvalue weighted by Crippen LogP contribution is 2.15. The molecule has 0 saturated carbocycles. The van der Waals surface area contributed by atoms with Crippen LogP contribution in [0.25, 0.3) is 0 Å². The number of hydrogen-bond acceptors (Lipinski definition) is 4. The second-order valence-corrected chi connectivity index (χ2v) is 4.92. The van der Waals surface area contributed by atoms with Gasteiger partial charge in [0.25, 0.3) is 5.91 Å². The van der Waals surface area contributed by atoms with Crippen LogP contribution < -0.4 is 10.6 Å². The fourth-order valence-corrected chi connectivity index (χ4v) is 1.97. The molecule has 114 valence electrons. The molecule has 0 fully saturated rings. The summed E-state index contributed by atoms with van der Waals surface area (Å²) in [4.78, 5) is 34.4. The summed E-state index contributed by atoms with van der Waals surface area (Å²) in [6.07, 6.45) is 0.109. The molecule has 1 aromatic carbocycles. The molecule has 0 aromatic heterocycles. The Labute approximate surface area is 131 Å². The van der Waals surface area contributed by atoms with Crippen molar-refractivity contribution in [2.75, 3.05) is 19.7 Å². The molecular weight excluding hydrogens is 340 g/mol. The molecule has 21 heavy (non-hydrogen) atoms. The van der Waals surface area contributed by atoms with Crippen LogP contribution in [0, 0.1) is 0 Å². The van der Waals surface area contributed by atoms with Gasteiger partial charge in [-0.1, -0.05) is 12.1 Å². The monoisotopic (exact) mass is 356 g/mol. The second-order valence-electron chi connectivity index (χ2n) is 4.07. The largest absolute Gasteiger partial charge is 0.466 e. The fraction of sp³-hybridized carbons (Fsp3) is 0.357. The predicted molar refractivity (Wildman–Crippen MR) is 80.7 cm³/mol. The summed E-state index contributed by atoms with van der Waals surface area (Å²) in [5.74, 6) is -1.07. The Morgan fingerprint density at radius 1 is 1.19 bits per heavy atom. The number of benzene rings is 1. The highest BCUT2D eigenvalue weighted by molar-refractivity contribution is 9.10. The molecule has 0 saturated heterocycles. The lowest BCUT2D eigenvalue weighted by Gasteiger charge is -2.07. The van der Waals surface area contributed by atoms with Crippen molar-refractivity contribution in [1.29, 1.82) is 0 Å². The van der Waals surface area contributed by atoms with Gasteiger partial charge in [-0.25, -0.2) is 0 Å². The van der Waals surface area contributed by atoms with Gasteiger partial charge in [0, 0.05) is 11.0 Å². The van der Waals surface area contributed by atoms with E-state index in [0.29, 0.717) is 16.6 Å². The van der Waals surface area contributed by atoms with Gasteiger partial charge < -0.3 is 15.4 Å². The highest BCUT2D eigenvalue weighted by Gasteiger charge is 2.10. The Bertz CT molecular complexity index is 519. The molecule has 0 aliphatic rings. The van der Waals surface area contributed by atoms with Gasteiger partial charge in [-0.15, -0.1) is 0 Å². The Kier molecular flexibility index (Phi) is 7.45. The molecule has 0 aliphatic heterocycles. The van der Waals surface area contributed by atoms with Gasteiger partial charge in [-0.2, -0.15) is 0 Å².